The largest absolute Gasteiger partial charge is 0.353 e. The molecule has 0 aromatic heterocycles. The van der Waals surface area contributed by atoms with E-state index in [9.17, 15) is 9.59 Å². The summed E-state index contributed by atoms with van der Waals surface area (Å²) in [7, 11) is 0. The number of carbonyl (C=O) groups is 2. The number of hydrogen-bond acceptors (Lipinski definition) is 2. The molecule has 0 heterocycles. The molecular formula is C17H24N2O2. The first kappa shape index (κ1) is 15.5. The van der Waals surface area contributed by atoms with Crippen LogP contribution in [-0.4, -0.2) is 23.9 Å². The van der Waals surface area contributed by atoms with E-state index in [0.717, 1.165) is 12.8 Å². The molecule has 114 valence electrons. The highest BCUT2D eigenvalue weighted by molar-refractivity contribution is 5.94. The average Bonchev–Trinajstić information content (AvgIpc) is 2.48. The van der Waals surface area contributed by atoms with Crippen molar-refractivity contribution in [1.82, 2.24) is 10.6 Å². The molecule has 1 aromatic rings. The van der Waals surface area contributed by atoms with E-state index in [-0.39, 0.29) is 17.9 Å². The second kappa shape index (κ2) is 7.81. The van der Waals surface area contributed by atoms with E-state index in [0.29, 0.717) is 18.0 Å². The number of nitrogens with one attached hydrogen (secondary N) is 2. The highest BCUT2D eigenvalue weighted by Crippen LogP contribution is 2.17. The Morgan fingerprint density at radius 3 is 2.48 bits per heavy atom. The Labute approximate surface area is 126 Å². The van der Waals surface area contributed by atoms with Crippen LogP contribution in [0.4, 0.5) is 0 Å². The summed E-state index contributed by atoms with van der Waals surface area (Å²) < 4.78 is 0. The molecule has 1 saturated carbocycles. The number of carbonyl (C=O) groups excluding carboxylic acids is 2. The predicted octanol–water partition coefficient (Wildman–Crippen LogP) is 2.64. The molecule has 2 N–H and O–H groups in total. The lowest BCUT2D eigenvalue weighted by atomic mass is 9.95. The molecule has 1 aliphatic rings. The van der Waals surface area contributed by atoms with Crippen molar-refractivity contribution in [2.45, 2.75) is 57.5 Å². The molecule has 0 unspecified atom stereocenters. The Balaban J connectivity index is 1.74. The minimum atomic E-state index is -0.165. The quantitative estimate of drug-likeness (QED) is 0.875. The summed E-state index contributed by atoms with van der Waals surface area (Å²) in [4.78, 5) is 24.0. The number of hydrogen-bond donors (Lipinski definition) is 2. The summed E-state index contributed by atoms with van der Waals surface area (Å²) in [5.41, 5.74) is 0.622. The van der Waals surface area contributed by atoms with Gasteiger partial charge in [0.15, 0.2) is 0 Å². The zero-order valence-electron chi connectivity index (χ0n) is 12.6. The Bertz CT molecular complexity index is 467. The van der Waals surface area contributed by atoms with E-state index in [1.165, 1.54) is 19.3 Å². The number of rotatable bonds is 5. The topological polar surface area (TPSA) is 58.2 Å². The summed E-state index contributed by atoms with van der Waals surface area (Å²) in [6.07, 6.45) is 6.16. The lowest BCUT2D eigenvalue weighted by Gasteiger charge is -2.23. The number of benzene rings is 1. The van der Waals surface area contributed by atoms with Gasteiger partial charge in [0.25, 0.3) is 5.91 Å². The first-order chi connectivity index (χ1) is 10.1. The van der Waals surface area contributed by atoms with E-state index in [2.05, 4.69) is 10.6 Å². The lowest BCUT2D eigenvalue weighted by molar-refractivity contribution is -0.122. The minimum absolute atomic E-state index is 0.0303. The van der Waals surface area contributed by atoms with Crippen molar-refractivity contribution in [1.29, 1.82) is 0 Å². The molecule has 4 heteroatoms. The zero-order valence-corrected chi connectivity index (χ0v) is 12.6. The molecule has 1 fully saturated rings. The summed E-state index contributed by atoms with van der Waals surface area (Å²) in [6, 6.07) is 9.22. The van der Waals surface area contributed by atoms with Crippen molar-refractivity contribution in [3.63, 3.8) is 0 Å². The van der Waals surface area contributed by atoms with Gasteiger partial charge in [-0.1, -0.05) is 37.5 Å². The van der Waals surface area contributed by atoms with Crippen molar-refractivity contribution in [3.05, 3.63) is 35.9 Å². The van der Waals surface area contributed by atoms with Gasteiger partial charge in [-0.05, 0) is 31.9 Å². The van der Waals surface area contributed by atoms with Gasteiger partial charge in [-0.3, -0.25) is 9.59 Å². The van der Waals surface area contributed by atoms with Crippen LogP contribution in [0.3, 0.4) is 0 Å². The van der Waals surface area contributed by atoms with Crippen molar-refractivity contribution in [3.8, 4) is 0 Å². The van der Waals surface area contributed by atoms with Gasteiger partial charge >= 0.3 is 0 Å². The van der Waals surface area contributed by atoms with Crippen LogP contribution in [0.5, 0.6) is 0 Å². The molecule has 0 bridgehead atoms. The molecule has 0 aliphatic heterocycles. The second-order valence-electron chi connectivity index (χ2n) is 5.85. The lowest BCUT2D eigenvalue weighted by Crippen LogP contribution is -2.41. The van der Waals surface area contributed by atoms with E-state index < -0.39 is 0 Å². The van der Waals surface area contributed by atoms with Crippen LogP contribution in [0.2, 0.25) is 0 Å². The van der Waals surface area contributed by atoms with Crippen LogP contribution >= 0.6 is 0 Å². The first-order valence-electron chi connectivity index (χ1n) is 7.80. The molecule has 2 rings (SSSR count). The van der Waals surface area contributed by atoms with Gasteiger partial charge in [-0.25, -0.2) is 0 Å². The SMILES string of the molecule is C[C@@H](CC(=O)NC1CCCCC1)NC(=O)c1ccccc1. The van der Waals surface area contributed by atoms with E-state index >= 15 is 0 Å². The monoisotopic (exact) mass is 288 g/mol. The molecule has 0 saturated heterocycles. The molecule has 1 aromatic carbocycles. The van der Waals surface area contributed by atoms with Gasteiger partial charge in [-0.2, -0.15) is 0 Å². The third kappa shape index (κ3) is 5.21. The summed E-state index contributed by atoms with van der Waals surface area (Å²) in [5, 5.41) is 5.94. The molecule has 21 heavy (non-hydrogen) atoms. The first-order valence-corrected chi connectivity index (χ1v) is 7.80. The Kier molecular flexibility index (Phi) is 5.78. The number of amides is 2. The smallest absolute Gasteiger partial charge is 0.251 e. The van der Waals surface area contributed by atoms with Crippen molar-refractivity contribution in [2.24, 2.45) is 0 Å². The predicted molar refractivity (Wildman–Crippen MR) is 83.0 cm³/mol. The van der Waals surface area contributed by atoms with Crippen LogP contribution in [0.15, 0.2) is 30.3 Å². The molecule has 0 radical (unpaired) electrons. The fourth-order valence-corrected chi connectivity index (χ4v) is 2.76. The van der Waals surface area contributed by atoms with E-state index in [1.54, 1.807) is 12.1 Å². The molecule has 2 amide bonds. The molecule has 1 atom stereocenters. The minimum Gasteiger partial charge on any atom is -0.353 e. The maximum atomic E-state index is 12.0. The van der Waals surface area contributed by atoms with Crippen LogP contribution < -0.4 is 10.6 Å². The van der Waals surface area contributed by atoms with Crippen LogP contribution in [0, 0.1) is 0 Å². The summed E-state index contributed by atoms with van der Waals surface area (Å²) >= 11 is 0. The van der Waals surface area contributed by atoms with Gasteiger partial charge in [0, 0.05) is 24.1 Å². The molecule has 1 aliphatic carbocycles. The van der Waals surface area contributed by atoms with E-state index in [4.69, 9.17) is 0 Å². The average molecular weight is 288 g/mol. The Hall–Kier alpha value is -1.84. The summed E-state index contributed by atoms with van der Waals surface area (Å²) in [6.45, 7) is 1.86. The van der Waals surface area contributed by atoms with Gasteiger partial charge < -0.3 is 10.6 Å². The van der Waals surface area contributed by atoms with Crippen LogP contribution in [-0.2, 0) is 4.79 Å². The zero-order chi connectivity index (χ0) is 15.1. The van der Waals surface area contributed by atoms with Crippen LogP contribution in [0.25, 0.3) is 0 Å². The third-order valence-corrected chi connectivity index (χ3v) is 3.88. The Morgan fingerprint density at radius 1 is 1.14 bits per heavy atom. The van der Waals surface area contributed by atoms with Gasteiger partial charge in [-0.15, -0.1) is 0 Å². The fourth-order valence-electron chi connectivity index (χ4n) is 2.76. The van der Waals surface area contributed by atoms with Gasteiger partial charge in [0.2, 0.25) is 5.91 Å². The maximum absolute atomic E-state index is 12.0. The van der Waals surface area contributed by atoms with Crippen molar-refractivity contribution >= 4 is 11.8 Å². The maximum Gasteiger partial charge on any atom is 0.251 e. The Morgan fingerprint density at radius 2 is 1.81 bits per heavy atom. The van der Waals surface area contributed by atoms with Gasteiger partial charge in [0.05, 0.1) is 0 Å². The molecule has 4 nitrogen and oxygen atoms in total. The van der Waals surface area contributed by atoms with Crippen LogP contribution in [0.1, 0.15) is 55.8 Å². The standard InChI is InChI=1S/C17H24N2O2/c1-13(18-17(21)14-8-4-2-5-9-14)12-16(20)19-15-10-6-3-7-11-15/h2,4-5,8-9,13,15H,3,6-7,10-12H2,1H3,(H,18,21)(H,19,20)/t13-/m0/s1. The molecular weight excluding hydrogens is 264 g/mol. The summed E-state index contributed by atoms with van der Waals surface area (Å²) in [5.74, 6) is -0.101. The van der Waals surface area contributed by atoms with Gasteiger partial charge in [0.1, 0.15) is 0 Å². The third-order valence-electron chi connectivity index (χ3n) is 3.88. The van der Waals surface area contributed by atoms with Crippen molar-refractivity contribution < 1.29 is 9.59 Å². The highest BCUT2D eigenvalue weighted by atomic mass is 16.2. The molecule has 0 spiro atoms. The highest BCUT2D eigenvalue weighted by Gasteiger charge is 2.18. The normalized spacial score (nSPS) is 17.0. The second-order valence-corrected chi connectivity index (χ2v) is 5.85. The van der Waals surface area contributed by atoms with E-state index in [1.807, 2.05) is 25.1 Å². The van der Waals surface area contributed by atoms with Crippen molar-refractivity contribution in [2.75, 3.05) is 0 Å². The fraction of sp³-hybridized carbons (Fsp3) is 0.529.